The molecule has 0 aliphatic heterocycles. The van der Waals surface area contributed by atoms with Crippen LogP contribution in [0.1, 0.15) is 10.4 Å². The molecule has 0 unspecified atom stereocenters. The van der Waals surface area contributed by atoms with Gasteiger partial charge in [0.05, 0.1) is 11.8 Å². The molecule has 2 aromatic heterocycles. The van der Waals surface area contributed by atoms with Gasteiger partial charge in [-0.3, -0.25) is 0 Å². The lowest BCUT2D eigenvalue weighted by Gasteiger charge is -2.03. The van der Waals surface area contributed by atoms with Crippen molar-refractivity contribution < 1.29 is 9.90 Å². The molecule has 6 nitrogen and oxygen atoms in total. The Morgan fingerprint density at radius 2 is 2.33 bits per heavy atom. The van der Waals surface area contributed by atoms with E-state index in [1.54, 1.807) is 4.57 Å². The number of nitrogens with two attached hydrogens (primary N) is 1. The number of imidazole rings is 1. The number of aromatic nitrogens is 3. The SMILES string of the molecule is [CH2]Cn1cnc2c(N)ncc(C(=O)O)c21. The maximum absolute atomic E-state index is 10.9. The normalized spacial score (nSPS) is 10.7. The van der Waals surface area contributed by atoms with Gasteiger partial charge in [0.15, 0.2) is 5.82 Å². The molecule has 0 saturated carbocycles. The zero-order valence-corrected chi connectivity index (χ0v) is 7.84. The van der Waals surface area contributed by atoms with Crippen molar-refractivity contribution in [3.05, 3.63) is 25.0 Å². The number of hydrogen-bond acceptors (Lipinski definition) is 4. The number of pyridine rings is 1. The second-order valence-corrected chi connectivity index (χ2v) is 3.00. The minimum Gasteiger partial charge on any atom is -0.478 e. The van der Waals surface area contributed by atoms with Crippen LogP contribution >= 0.6 is 0 Å². The van der Waals surface area contributed by atoms with Gasteiger partial charge in [0.2, 0.25) is 0 Å². The maximum Gasteiger partial charge on any atom is 0.339 e. The van der Waals surface area contributed by atoms with E-state index < -0.39 is 5.97 Å². The van der Waals surface area contributed by atoms with Crippen LogP contribution in [0.15, 0.2) is 12.5 Å². The zero-order valence-electron chi connectivity index (χ0n) is 7.84. The molecule has 0 bridgehead atoms. The van der Waals surface area contributed by atoms with E-state index in [-0.39, 0.29) is 11.4 Å². The summed E-state index contributed by atoms with van der Waals surface area (Å²) in [7, 11) is 0. The van der Waals surface area contributed by atoms with Gasteiger partial charge in [-0.2, -0.15) is 0 Å². The molecule has 0 saturated heterocycles. The van der Waals surface area contributed by atoms with Crippen molar-refractivity contribution in [3.8, 4) is 0 Å². The van der Waals surface area contributed by atoms with Crippen molar-refractivity contribution in [1.82, 2.24) is 14.5 Å². The molecule has 0 fully saturated rings. The molecule has 0 aliphatic rings. The number of fused-ring (bicyclic) bond motifs is 1. The van der Waals surface area contributed by atoms with Crippen molar-refractivity contribution in [3.63, 3.8) is 0 Å². The van der Waals surface area contributed by atoms with Gasteiger partial charge in [-0.25, -0.2) is 14.8 Å². The molecule has 0 spiro atoms. The maximum atomic E-state index is 10.9. The predicted octanol–water partition coefficient (Wildman–Crippen LogP) is 0.546. The largest absolute Gasteiger partial charge is 0.478 e. The second kappa shape index (κ2) is 3.23. The van der Waals surface area contributed by atoms with Crippen LogP contribution in [0.2, 0.25) is 0 Å². The number of rotatable bonds is 2. The van der Waals surface area contributed by atoms with Crippen LogP contribution in [0.5, 0.6) is 0 Å². The molecule has 3 N–H and O–H groups in total. The van der Waals surface area contributed by atoms with E-state index in [4.69, 9.17) is 10.8 Å². The molecule has 2 heterocycles. The van der Waals surface area contributed by atoms with Crippen molar-refractivity contribution in [2.45, 2.75) is 6.54 Å². The third-order valence-electron chi connectivity index (χ3n) is 2.14. The number of hydrogen-bond donors (Lipinski definition) is 2. The van der Waals surface area contributed by atoms with E-state index in [0.29, 0.717) is 17.6 Å². The molecule has 0 amide bonds. The fraction of sp³-hybridized carbons (Fsp3) is 0.111. The summed E-state index contributed by atoms with van der Waals surface area (Å²) in [6.45, 7) is 4.07. The van der Waals surface area contributed by atoms with Gasteiger partial charge in [-0.15, -0.1) is 0 Å². The van der Waals surface area contributed by atoms with Crippen LogP contribution in [-0.4, -0.2) is 25.6 Å². The zero-order chi connectivity index (χ0) is 11.0. The Kier molecular flexibility index (Phi) is 2.03. The Hall–Kier alpha value is -2.11. The number of anilines is 1. The molecule has 2 rings (SSSR count). The van der Waals surface area contributed by atoms with Crippen molar-refractivity contribution in [1.29, 1.82) is 0 Å². The second-order valence-electron chi connectivity index (χ2n) is 3.00. The summed E-state index contributed by atoms with van der Waals surface area (Å²) < 4.78 is 1.62. The first-order chi connectivity index (χ1) is 7.15. The predicted molar refractivity (Wildman–Crippen MR) is 54.3 cm³/mol. The van der Waals surface area contributed by atoms with Crippen molar-refractivity contribution in [2.24, 2.45) is 0 Å². The lowest BCUT2D eigenvalue weighted by molar-refractivity contribution is 0.0698. The van der Waals surface area contributed by atoms with E-state index in [9.17, 15) is 4.79 Å². The fourth-order valence-electron chi connectivity index (χ4n) is 1.43. The van der Waals surface area contributed by atoms with Crippen molar-refractivity contribution >= 4 is 22.8 Å². The van der Waals surface area contributed by atoms with E-state index >= 15 is 0 Å². The molecule has 0 aliphatic carbocycles. The molecular weight excluding hydrogens is 196 g/mol. The summed E-state index contributed by atoms with van der Waals surface area (Å²) in [4.78, 5) is 18.7. The molecule has 77 valence electrons. The van der Waals surface area contributed by atoms with Gasteiger partial charge in [0.25, 0.3) is 0 Å². The average molecular weight is 205 g/mol. The highest BCUT2D eigenvalue weighted by Crippen LogP contribution is 2.21. The fourth-order valence-corrected chi connectivity index (χ4v) is 1.43. The van der Waals surface area contributed by atoms with E-state index in [0.717, 1.165) is 0 Å². The number of carboxylic acid groups (broad SMARTS) is 1. The van der Waals surface area contributed by atoms with Crippen LogP contribution in [0.3, 0.4) is 0 Å². The molecule has 1 radical (unpaired) electrons. The minimum atomic E-state index is -1.05. The summed E-state index contributed by atoms with van der Waals surface area (Å²) in [5.41, 5.74) is 6.54. The molecule has 6 heteroatoms. The number of nitrogen functional groups attached to an aromatic ring is 1. The standard InChI is InChI=1S/C9H9N4O2/c1-2-13-4-12-6-7(13)5(9(14)15)3-11-8(6)10/h3-4H,1-2H2,(H2,10,11)(H,14,15). The van der Waals surface area contributed by atoms with Gasteiger partial charge in [-0.05, 0) is 6.92 Å². The molecule has 2 aromatic rings. The molecule has 0 aromatic carbocycles. The van der Waals surface area contributed by atoms with Gasteiger partial charge in [0, 0.05) is 12.7 Å². The minimum absolute atomic E-state index is 0.0837. The topological polar surface area (TPSA) is 94.0 Å². The first kappa shape index (κ1) is 9.45. The lowest BCUT2D eigenvalue weighted by Crippen LogP contribution is -2.04. The number of aromatic carboxylic acids is 1. The highest BCUT2D eigenvalue weighted by atomic mass is 16.4. The van der Waals surface area contributed by atoms with Gasteiger partial charge >= 0.3 is 5.97 Å². The molecule has 0 atom stereocenters. The van der Waals surface area contributed by atoms with Crippen molar-refractivity contribution in [2.75, 3.05) is 5.73 Å². The van der Waals surface area contributed by atoms with E-state index in [1.807, 2.05) is 0 Å². The number of carboxylic acids is 1. The summed E-state index contributed by atoms with van der Waals surface area (Å²) >= 11 is 0. The molecular formula is C9H9N4O2. The highest BCUT2D eigenvalue weighted by molar-refractivity contribution is 6.03. The summed E-state index contributed by atoms with van der Waals surface area (Å²) in [6, 6.07) is 0. The van der Waals surface area contributed by atoms with Gasteiger partial charge < -0.3 is 15.4 Å². The highest BCUT2D eigenvalue weighted by Gasteiger charge is 2.15. The smallest absolute Gasteiger partial charge is 0.339 e. The summed E-state index contributed by atoms with van der Waals surface area (Å²) in [6.07, 6.45) is 2.73. The Bertz CT molecular complexity index is 532. The first-order valence-electron chi connectivity index (χ1n) is 4.27. The van der Waals surface area contributed by atoms with E-state index in [2.05, 4.69) is 16.9 Å². The first-order valence-corrected chi connectivity index (χ1v) is 4.27. The molecule has 15 heavy (non-hydrogen) atoms. The lowest BCUT2D eigenvalue weighted by atomic mass is 10.2. The average Bonchev–Trinajstić information content (AvgIpc) is 2.62. The van der Waals surface area contributed by atoms with Gasteiger partial charge in [-0.1, -0.05) is 0 Å². The van der Waals surface area contributed by atoms with Gasteiger partial charge in [0.1, 0.15) is 11.1 Å². The van der Waals surface area contributed by atoms with Crippen LogP contribution in [0.4, 0.5) is 5.82 Å². The van der Waals surface area contributed by atoms with Crippen LogP contribution in [0.25, 0.3) is 11.0 Å². The third kappa shape index (κ3) is 1.30. The van der Waals surface area contributed by atoms with E-state index in [1.165, 1.54) is 12.5 Å². The monoisotopic (exact) mass is 205 g/mol. The van der Waals surface area contributed by atoms with Crippen LogP contribution in [-0.2, 0) is 6.54 Å². The third-order valence-corrected chi connectivity index (χ3v) is 2.14. The quantitative estimate of drug-likeness (QED) is 0.746. The Balaban J connectivity index is 2.87. The Morgan fingerprint density at radius 1 is 1.60 bits per heavy atom. The number of nitrogens with zero attached hydrogens (tertiary/aromatic N) is 3. The van der Waals surface area contributed by atoms with Crippen LogP contribution in [0, 0.1) is 6.92 Å². The Morgan fingerprint density at radius 3 is 2.93 bits per heavy atom. The summed E-state index contributed by atoms with van der Waals surface area (Å²) in [5.74, 6) is -0.829. The summed E-state index contributed by atoms with van der Waals surface area (Å²) in [5, 5.41) is 8.97. The Labute approximate surface area is 85.4 Å². The number of carbonyl (C=O) groups is 1. The van der Waals surface area contributed by atoms with Crippen LogP contribution < -0.4 is 5.73 Å².